The van der Waals surface area contributed by atoms with E-state index in [1.807, 2.05) is 0 Å². The van der Waals surface area contributed by atoms with Gasteiger partial charge < -0.3 is 5.11 Å². The lowest BCUT2D eigenvalue weighted by atomic mass is 9.75. The number of aryl methyl sites for hydroxylation is 1. The molecule has 1 rings (SSSR count). The summed E-state index contributed by atoms with van der Waals surface area (Å²) in [6, 6.07) is 4.44. The summed E-state index contributed by atoms with van der Waals surface area (Å²) in [5, 5.41) is 9.72. The molecular weight excluding hydrogens is 314 g/mol. The Balaban J connectivity index is 3.25. The number of carboxylic acid groups (broad SMARTS) is 1. The minimum Gasteiger partial charge on any atom is -0.481 e. The summed E-state index contributed by atoms with van der Waals surface area (Å²) < 4.78 is 27.5. The summed E-state index contributed by atoms with van der Waals surface area (Å²) in [5.74, 6) is -1.08. The molecule has 0 radical (unpaired) electrons. The van der Waals surface area contributed by atoms with Crippen LogP contribution in [0.1, 0.15) is 33.3 Å². The summed E-state index contributed by atoms with van der Waals surface area (Å²) in [6.45, 7) is 7.68. The van der Waals surface area contributed by atoms with Crippen LogP contribution in [0.15, 0.2) is 23.1 Å². The van der Waals surface area contributed by atoms with Crippen LogP contribution in [0, 0.1) is 12.3 Å². The number of rotatable bonds is 5. The first-order valence-corrected chi connectivity index (χ1v) is 8.21. The number of nitrogens with one attached hydrogen (secondary N) is 1. The first-order chi connectivity index (χ1) is 9.31. The van der Waals surface area contributed by atoms with Crippen LogP contribution >= 0.6 is 11.6 Å². The van der Waals surface area contributed by atoms with Crippen molar-refractivity contribution in [2.24, 2.45) is 5.41 Å². The van der Waals surface area contributed by atoms with Crippen LogP contribution in [-0.2, 0) is 14.8 Å². The predicted octanol–water partition coefficient (Wildman–Crippen LogP) is 2.82. The van der Waals surface area contributed by atoms with E-state index in [0.29, 0.717) is 10.6 Å². The third-order valence-corrected chi connectivity index (χ3v) is 5.96. The van der Waals surface area contributed by atoms with Gasteiger partial charge in [0.15, 0.2) is 0 Å². The van der Waals surface area contributed by atoms with Crippen molar-refractivity contribution in [3.05, 3.63) is 28.8 Å². The molecule has 0 atom stereocenters. The molecule has 0 bridgehead atoms. The van der Waals surface area contributed by atoms with E-state index in [1.165, 1.54) is 26.0 Å². The highest BCUT2D eigenvalue weighted by molar-refractivity contribution is 7.89. The summed E-state index contributed by atoms with van der Waals surface area (Å²) in [7, 11) is -3.85. The Morgan fingerprint density at radius 2 is 1.76 bits per heavy atom. The van der Waals surface area contributed by atoms with E-state index in [9.17, 15) is 18.3 Å². The van der Waals surface area contributed by atoms with Gasteiger partial charge in [0, 0.05) is 10.6 Å². The molecule has 0 aromatic heterocycles. The van der Waals surface area contributed by atoms with E-state index in [0.717, 1.165) is 0 Å². The number of benzene rings is 1. The summed E-state index contributed by atoms with van der Waals surface area (Å²) >= 11 is 5.82. The van der Waals surface area contributed by atoms with E-state index in [2.05, 4.69) is 4.72 Å². The Bertz CT molecular complexity index is 666. The van der Waals surface area contributed by atoms with Crippen LogP contribution in [0.2, 0.25) is 5.02 Å². The lowest BCUT2D eigenvalue weighted by molar-refractivity contribution is -0.150. The van der Waals surface area contributed by atoms with E-state index < -0.39 is 26.9 Å². The van der Waals surface area contributed by atoms with Crippen molar-refractivity contribution in [2.75, 3.05) is 0 Å². The van der Waals surface area contributed by atoms with Crippen LogP contribution in [0.25, 0.3) is 0 Å². The van der Waals surface area contributed by atoms with Gasteiger partial charge in [-0.15, -0.1) is 0 Å². The summed E-state index contributed by atoms with van der Waals surface area (Å²) in [6.07, 6.45) is 0. The fourth-order valence-electron chi connectivity index (χ4n) is 1.70. The van der Waals surface area contributed by atoms with Crippen molar-refractivity contribution in [1.29, 1.82) is 0 Å². The second kappa shape index (κ2) is 5.59. The number of halogens is 1. The first kappa shape index (κ1) is 17.9. The van der Waals surface area contributed by atoms with E-state index in [4.69, 9.17) is 11.6 Å². The Morgan fingerprint density at radius 1 is 1.24 bits per heavy atom. The van der Waals surface area contributed by atoms with Gasteiger partial charge in [-0.05, 0) is 58.4 Å². The van der Waals surface area contributed by atoms with Crippen molar-refractivity contribution in [3.8, 4) is 0 Å². The lowest BCUT2D eigenvalue weighted by Crippen LogP contribution is -2.56. The largest absolute Gasteiger partial charge is 0.481 e. The molecule has 0 unspecified atom stereocenters. The molecule has 0 fully saturated rings. The van der Waals surface area contributed by atoms with E-state index in [1.54, 1.807) is 26.8 Å². The number of carboxylic acids is 1. The molecule has 1 aromatic rings. The van der Waals surface area contributed by atoms with Crippen molar-refractivity contribution in [3.63, 3.8) is 0 Å². The summed E-state index contributed by atoms with van der Waals surface area (Å²) in [5.41, 5.74) is -1.96. The molecule has 0 aliphatic rings. The molecule has 2 N–H and O–H groups in total. The quantitative estimate of drug-likeness (QED) is 0.867. The van der Waals surface area contributed by atoms with Crippen molar-refractivity contribution < 1.29 is 18.3 Å². The highest BCUT2D eigenvalue weighted by Crippen LogP contribution is 2.32. The fourth-order valence-corrected chi connectivity index (χ4v) is 3.69. The zero-order valence-electron chi connectivity index (χ0n) is 12.7. The zero-order chi connectivity index (χ0) is 16.6. The number of hydrogen-bond donors (Lipinski definition) is 2. The molecule has 5 nitrogen and oxygen atoms in total. The highest BCUT2D eigenvalue weighted by Gasteiger charge is 2.46. The van der Waals surface area contributed by atoms with E-state index >= 15 is 0 Å². The monoisotopic (exact) mass is 333 g/mol. The molecule has 0 amide bonds. The van der Waals surface area contributed by atoms with Gasteiger partial charge in [0.05, 0.1) is 10.3 Å². The average molecular weight is 334 g/mol. The van der Waals surface area contributed by atoms with Gasteiger partial charge in [0.2, 0.25) is 10.0 Å². The molecule has 0 aliphatic carbocycles. The molecule has 21 heavy (non-hydrogen) atoms. The predicted molar refractivity (Wildman–Crippen MR) is 82.0 cm³/mol. The maximum atomic E-state index is 12.5. The second-order valence-electron chi connectivity index (χ2n) is 6.07. The molecule has 0 aliphatic heterocycles. The van der Waals surface area contributed by atoms with Crippen molar-refractivity contribution in [1.82, 2.24) is 4.72 Å². The van der Waals surface area contributed by atoms with Gasteiger partial charge in [-0.2, -0.15) is 0 Å². The van der Waals surface area contributed by atoms with Gasteiger partial charge in [-0.3, -0.25) is 4.79 Å². The molecular formula is C14H20ClNO4S. The smallest absolute Gasteiger partial charge is 0.310 e. The van der Waals surface area contributed by atoms with Gasteiger partial charge in [0.1, 0.15) is 0 Å². The lowest BCUT2D eigenvalue weighted by Gasteiger charge is -2.38. The third-order valence-electron chi connectivity index (χ3n) is 3.91. The molecule has 0 heterocycles. The van der Waals surface area contributed by atoms with E-state index in [-0.39, 0.29) is 4.90 Å². The Hall–Kier alpha value is -1.11. The number of sulfonamides is 1. The minimum absolute atomic E-state index is 0.0844. The fraction of sp³-hybridized carbons (Fsp3) is 0.500. The highest BCUT2D eigenvalue weighted by atomic mass is 35.5. The zero-order valence-corrected chi connectivity index (χ0v) is 14.3. The number of hydrogen-bond acceptors (Lipinski definition) is 3. The second-order valence-corrected chi connectivity index (χ2v) is 8.16. The van der Waals surface area contributed by atoms with Crippen molar-refractivity contribution >= 4 is 27.6 Å². The molecule has 0 saturated heterocycles. The van der Waals surface area contributed by atoms with Crippen molar-refractivity contribution in [2.45, 2.75) is 45.1 Å². The molecule has 118 valence electrons. The maximum Gasteiger partial charge on any atom is 0.310 e. The average Bonchev–Trinajstić information content (AvgIpc) is 2.25. The van der Waals surface area contributed by atoms with Crippen LogP contribution in [0.3, 0.4) is 0 Å². The Labute approximate surface area is 130 Å². The SMILES string of the molecule is Cc1cc(Cl)ccc1S(=O)(=O)NC(C)(C)C(C)(C)C(=O)O. The normalized spacial score (nSPS) is 13.2. The minimum atomic E-state index is -3.85. The van der Waals surface area contributed by atoms with Crippen LogP contribution in [0.4, 0.5) is 0 Å². The number of aliphatic carboxylic acids is 1. The number of carbonyl (C=O) groups is 1. The first-order valence-electron chi connectivity index (χ1n) is 6.35. The van der Waals surface area contributed by atoms with Crippen LogP contribution in [0.5, 0.6) is 0 Å². The standard InChI is InChI=1S/C14H20ClNO4S/c1-9-8-10(15)6-7-11(9)21(19,20)16-14(4,5)13(2,3)12(17)18/h6-8,16H,1-5H3,(H,17,18). The topological polar surface area (TPSA) is 83.5 Å². The molecule has 7 heteroatoms. The van der Waals surface area contributed by atoms with Gasteiger partial charge >= 0.3 is 5.97 Å². The van der Waals surface area contributed by atoms with Gasteiger partial charge in [0.25, 0.3) is 0 Å². The van der Waals surface area contributed by atoms with Gasteiger partial charge in [-0.25, -0.2) is 13.1 Å². The summed E-state index contributed by atoms with van der Waals surface area (Å²) in [4.78, 5) is 11.4. The molecule has 1 aromatic carbocycles. The van der Waals surface area contributed by atoms with Crippen LogP contribution < -0.4 is 4.72 Å². The maximum absolute atomic E-state index is 12.5. The third kappa shape index (κ3) is 3.56. The van der Waals surface area contributed by atoms with Crippen LogP contribution in [-0.4, -0.2) is 25.0 Å². The molecule has 0 saturated carbocycles. The van der Waals surface area contributed by atoms with Gasteiger partial charge in [-0.1, -0.05) is 11.6 Å². The molecule has 0 spiro atoms. The Kier molecular flexibility index (Phi) is 4.77. The Morgan fingerprint density at radius 3 is 2.19 bits per heavy atom.